The van der Waals surface area contributed by atoms with Crippen LogP contribution in [0.25, 0.3) is 11.1 Å². The van der Waals surface area contributed by atoms with Gasteiger partial charge in [-0.25, -0.2) is 0 Å². The molecular weight excluding hydrogens is 486 g/mol. The molecule has 6 nitrogen and oxygen atoms in total. The van der Waals surface area contributed by atoms with Gasteiger partial charge in [-0.05, 0) is 83.7 Å². The van der Waals surface area contributed by atoms with Gasteiger partial charge in [0.2, 0.25) is 0 Å². The van der Waals surface area contributed by atoms with Gasteiger partial charge in [0.15, 0.2) is 0 Å². The van der Waals surface area contributed by atoms with E-state index in [9.17, 15) is 14.7 Å². The second-order valence-corrected chi connectivity index (χ2v) is 11.9. The number of ether oxygens (including phenoxy) is 1. The minimum Gasteiger partial charge on any atom is -0.493 e. The van der Waals surface area contributed by atoms with Crippen LogP contribution in [0.5, 0.6) is 5.75 Å². The van der Waals surface area contributed by atoms with E-state index in [1.165, 1.54) is 39.2 Å². The lowest BCUT2D eigenvalue weighted by atomic mass is 9.85. The molecular formula is C30H37NO5S. The molecule has 0 aliphatic heterocycles. The zero-order valence-corrected chi connectivity index (χ0v) is 23.2. The number of aliphatic hydroxyl groups excluding tert-OH is 1. The smallest absolute Gasteiger partial charge is 0.307 e. The minimum atomic E-state index is -1.41. The van der Waals surface area contributed by atoms with E-state index < -0.39 is 24.5 Å². The molecule has 2 unspecified atom stereocenters. The predicted molar refractivity (Wildman–Crippen MR) is 148 cm³/mol. The van der Waals surface area contributed by atoms with Crippen molar-refractivity contribution in [1.29, 1.82) is 0 Å². The van der Waals surface area contributed by atoms with Gasteiger partial charge in [-0.15, -0.1) is 11.3 Å². The number of hydrogen-bond donors (Lipinski definition) is 3. The third kappa shape index (κ3) is 7.91. The maximum atomic E-state index is 12.2. The largest absolute Gasteiger partial charge is 0.493 e. The van der Waals surface area contributed by atoms with Crippen LogP contribution < -0.4 is 10.1 Å². The summed E-state index contributed by atoms with van der Waals surface area (Å²) >= 11 is 1.33. The van der Waals surface area contributed by atoms with Crippen molar-refractivity contribution in [3.05, 3.63) is 75.0 Å². The summed E-state index contributed by atoms with van der Waals surface area (Å²) in [5.74, 6) is -0.593. The Morgan fingerprint density at radius 3 is 2.22 bits per heavy atom. The summed E-state index contributed by atoms with van der Waals surface area (Å²) in [6, 6.07) is 16.5. The first-order valence-corrected chi connectivity index (χ1v) is 13.3. The van der Waals surface area contributed by atoms with Crippen molar-refractivity contribution >= 4 is 23.2 Å². The second-order valence-electron chi connectivity index (χ2n) is 10.7. The average molecular weight is 524 g/mol. The van der Waals surface area contributed by atoms with Gasteiger partial charge >= 0.3 is 5.97 Å². The van der Waals surface area contributed by atoms with Gasteiger partial charge < -0.3 is 20.3 Å². The van der Waals surface area contributed by atoms with E-state index >= 15 is 0 Å². The van der Waals surface area contributed by atoms with Gasteiger partial charge in [0.05, 0.1) is 17.9 Å². The summed E-state index contributed by atoms with van der Waals surface area (Å²) in [6.07, 6.45) is -1.21. The molecule has 198 valence electrons. The van der Waals surface area contributed by atoms with Crippen LogP contribution in [0.4, 0.5) is 0 Å². The Morgan fingerprint density at radius 2 is 1.65 bits per heavy atom. The third-order valence-electron chi connectivity index (χ3n) is 6.18. The molecule has 1 heterocycles. The first-order valence-electron chi connectivity index (χ1n) is 12.5. The molecule has 0 saturated heterocycles. The number of amides is 1. The van der Waals surface area contributed by atoms with Gasteiger partial charge in [0, 0.05) is 4.88 Å². The monoisotopic (exact) mass is 523 g/mol. The molecule has 37 heavy (non-hydrogen) atoms. The quantitative estimate of drug-likeness (QED) is 0.279. The van der Waals surface area contributed by atoms with Gasteiger partial charge in [-0.3, -0.25) is 9.59 Å². The number of hydrogen-bond acceptors (Lipinski definition) is 5. The number of carbonyl (C=O) groups excluding carboxylic acids is 1. The number of carboxylic acid groups (broad SMARTS) is 1. The molecule has 2 atom stereocenters. The molecule has 0 aliphatic rings. The first-order chi connectivity index (χ1) is 17.3. The number of benzene rings is 2. The zero-order valence-electron chi connectivity index (χ0n) is 22.4. The number of carbonyl (C=O) groups is 2. The topological polar surface area (TPSA) is 95.9 Å². The molecule has 0 spiro atoms. The molecule has 0 radical (unpaired) electrons. The van der Waals surface area contributed by atoms with Crippen molar-refractivity contribution in [3.63, 3.8) is 0 Å². The van der Waals surface area contributed by atoms with E-state index in [4.69, 9.17) is 9.84 Å². The zero-order chi connectivity index (χ0) is 27.3. The van der Waals surface area contributed by atoms with Gasteiger partial charge in [0.1, 0.15) is 12.0 Å². The van der Waals surface area contributed by atoms with Crippen LogP contribution in [0.15, 0.2) is 48.5 Å². The maximum absolute atomic E-state index is 12.2. The number of carboxylic acids is 1. The molecule has 2 aromatic carbocycles. The van der Waals surface area contributed by atoms with Crippen molar-refractivity contribution in [2.45, 2.75) is 66.0 Å². The molecule has 0 fully saturated rings. The number of nitrogens with one attached hydrogen (secondary N) is 1. The predicted octanol–water partition coefficient (Wildman–Crippen LogP) is 6.11. The van der Waals surface area contributed by atoms with Crippen LogP contribution in [0.1, 0.15) is 65.4 Å². The van der Waals surface area contributed by atoms with Crippen molar-refractivity contribution in [2.24, 2.45) is 5.92 Å². The normalized spacial score (nSPS) is 13.2. The summed E-state index contributed by atoms with van der Waals surface area (Å²) < 4.78 is 6.14. The Hall–Kier alpha value is -3.16. The number of aliphatic carboxylic acids is 1. The van der Waals surface area contributed by atoms with E-state index in [1.54, 1.807) is 6.07 Å². The Kier molecular flexibility index (Phi) is 9.16. The third-order valence-corrected chi connectivity index (χ3v) is 7.29. The molecule has 0 bridgehead atoms. The highest BCUT2D eigenvalue weighted by atomic mass is 32.1. The highest BCUT2D eigenvalue weighted by Gasteiger charge is 2.17. The van der Waals surface area contributed by atoms with E-state index in [-0.39, 0.29) is 11.3 Å². The summed E-state index contributed by atoms with van der Waals surface area (Å²) in [5.41, 5.74) is 6.22. The van der Waals surface area contributed by atoms with Crippen LogP contribution in [0.3, 0.4) is 0 Å². The fourth-order valence-electron chi connectivity index (χ4n) is 4.29. The van der Waals surface area contributed by atoms with E-state index in [0.717, 1.165) is 17.0 Å². The van der Waals surface area contributed by atoms with E-state index in [2.05, 4.69) is 83.3 Å². The van der Waals surface area contributed by atoms with Gasteiger partial charge in [0.25, 0.3) is 5.91 Å². The fraction of sp³-hybridized carbons (Fsp3) is 0.400. The molecule has 1 aromatic heterocycles. The minimum absolute atomic E-state index is 0.124. The number of rotatable bonds is 10. The highest BCUT2D eigenvalue weighted by Crippen LogP contribution is 2.33. The van der Waals surface area contributed by atoms with Gasteiger partial charge in [-0.1, -0.05) is 52.0 Å². The molecule has 7 heteroatoms. The molecule has 3 aromatic rings. The Morgan fingerprint density at radius 1 is 1.03 bits per heavy atom. The first kappa shape index (κ1) is 28.4. The Bertz CT molecular complexity index is 1220. The SMILES string of the molecule is Cc1cc(OCC(C)Cc2ccc(C(=O)NC(O)CC(=O)O)s2)cc(C)c1-c1ccc(C(C)(C)C)cc1. The summed E-state index contributed by atoms with van der Waals surface area (Å²) in [5, 5.41) is 20.6. The lowest BCUT2D eigenvalue weighted by molar-refractivity contribution is -0.139. The molecule has 3 N–H and O–H groups in total. The van der Waals surface area contributed by atoms with Crippen LogP contribution >= 0.6 is 11.3 Å². The number of thiophene rings is 1. The van der Waals surface area contributed by atoms with E-state index in [0.29, 0.717) is 11.5 Å². The van der Waals surface area contributed by atoms with Crippen LogP contribution in [0.2, 0.25) is 0 Å². The molecule has 0 aliphatic carbocycles. The Balaban J connectivity index is 1.58. The van der Waals surface area contributed by atoms with Crippen molar-refractivity contribution < 1.29 is 24.5 Å². The Labute approximate surface area is 223 Å². The maximum Gasteiger partial charge on any atom is 0.307 e. The lowest BCUT2D eigenvalue weighted by Gasteiger charge is -2.20. The van der Waals surface area contributed by atoms with Crippen molar-refractivity contribution in [3.8, 4) is 16.9 Å². The second kappa shape index (κ2) is 11.9. The van der Waals surface area contributed by atoms with Crippen molar-refractivity contribution in [2.75, 3.05) is 6.61 Å². The summed E-state index contributed by atoms with van der Waals surface area (Å²) in [6.45, 7) is 13.5. The summed E-state index contributed by atoms with van der Waals surface area (Å²) in [7, 11) is 0. The average Bonchev–Trinajstić information content (AvgIpc) is 3.25. The van der Waals surface area contributed by atoms with Gasteiger partial charge in [-0.2, -0.15) is 0 Å². The molecule has 0 saturated carbocycles. The number of aryl methyl sites for hydroxylation is 2. The fourth-order valence-corrected chi connectivity index (χ4v) is 5.36. The summed E-state index contributed by atoms with van der Waals surface area (Å²) in [4.78, 5) is 24.3. The van der Waals surface area contributed by atoms with E-state index in [1.807, 2.05) is 6.07 Å². The number of aliphatic hydroxyl groups is 1. The molecule has 1 amide bonds. The van der Waals surface area contributed by atoms with Crippen molar-refractivity contribution in [1.82, 2.24) is 5.32 Å². The van der Waals surface area contributed by atoms with Crippen LogP contribution in [-0.4, -0.2) is 34.9 Å². The lowest BCUT2D eigenvalue weighted by Crippen LogP contribution is -2.35. The van der Waals surface area contributed by atoms with Crippen LogP contribution in [-0.2, 0) is 16.6 Å². The molecule has 3 rings (SSSR count). The standard InChI is InChI=1S/C30H37NO5S/c1-18(13-24-11-12-25(37-24)29(35)31-26(32)16-27(33)34)17-36-23-14-19(2)28(20(3)15-23)21-7-9-22(10-8-21)30(4,5)6/h7-12,14-15,18,26,32H,13,16-17H2,1-6H3,(H,31,35)(H,33,34). The van der Waals surface area contributed by atoms with Crippen LogP contribution in [0, 0.1) is 19.8 Å². The highest BCUT2D eigenvalue weighted by molar-refractivity contribution is 7.14.